The van der Waals surface area contributed by atoms with Gasteiger partial charge in [0, 0.05) is 38.1 Å². The number of nitrogens with one attached hydrogen (secondary N) is 1. The van der Waals surface area contributed by atoms with Crippen molar-refractivity contribution in [2.45, 2.75) is 12.6 Å². The van der Waals surface area contributed by atoms with Crippen molar-refractivity contribution in [2.24, 2.45) is 5.92 Å². The molecule has 0 saturated carbocycles. The number of carbonyl (C=O) groups excluding carboxylic acids is 1. The molecule has 1 fully saturated rings. The minimum absolute atomic E-state index is 0.129. The first kappa shape index (κ1) is 16.7. The molecular weight excluding hydrogens is 302 g/mol. The molecule has 1 aromatic heterocycles. The van der Waals surface area contributed by atoms with E-state index in [9.17, 15) is 4.79 Å². The second-order valence-corrected chi connectivity index (χ2v) is 6.76. The highest BCUT2D eigenvalue weighted by atomic mass is 16.3. The molecule has 2 atom stereocenters. The maximum absolute atomic E-state index is 12.3. The van der Waals surface area contributed by atoms with Crippen molar-refractivity contribution in [3.63, 3.8) is 0 Å². The minimum atomic E-state index is -0.129. The van der Waals surface area contributed by atoms with Crippen LogP contribution in [-0.4, -0.2) is 55.5 Å². The van der Waals surface area contributed by atoms with Gasteiger partial charge in [0.05, 0.1) is 6.26 Å². The van der Waals surface area contributed by atoms with Crippen molar-refractivity contribution in [3.8, 4) is 0 Å². The lowest BCUT2D eigenvalue weighted by Crippen LogP contribution is -2.43. The van der Waals surface area contributed by atoms with Crippen LogP contribution in [0.15, 0.2) is 53.1 Å². The van der Waals surface area contributed by atoms with E-state index in [2.05, 4.69) is 53.5 Å². The van der Waals surface area contributed by atoms with Gasteiger partial charge in [-0.25, -0.2) is 0 Å². The van der Waals surface area contributed by atoms with E-state index in [4.69, 9.17) is 4.42 Å². The molecule has 0 bridgehead atoms. The van der Waals surface area contributed by atoms with Crippen molar-refractivity contribution < 1.29 is 9.21 Å². The highest BCUT2D eigenvalue weighted by Gasteiger charge is 2.34. The summed E-state index contributed by atoms with van der Waals surface area (Å²) in [5.74, 6) is 0.651. The molecule has 5 heteroatoms. The summed E-state index contributed by atoms with van der Waals surface area (Å²) >= 11 is 0. The zero-order valence-corrected chi connectivity index (χ0v) is 14.3. The standard InChI is InChI=1S/C19H25N3O2/c1-21(2)12-16-13-22(11-15-7-4-3-5-8-15)14-17(16)20-19(23)18-9-6-10-24-18/h3-10,16-17H,11-14H2,1-2H3,(H,20,23)/t16-,17-/m1/s1. The van der Waals surface area contributed by atoms with Crippen LogP contribution in [0.25, 0.3) is 0 Å². The first-order valence-corrected chi connectivity index (χ1v) is 8.37. The van der Waals surface area contributed by atoms with Crippen LogP contribution >= 0.6 is 0 Å². The molecule has 0 spiro atoms. The average molecular weight is 327 g/mol. The van der Waals surface area contributed by atoms with E-state index in [-0.39, 0.29) is 11.9 Å². The Bertz CT molecular complexity index is 640. The number of benzene rings is 1. The number of furan rings is 1. The maximum Gasteiger partial charge on any atom is 0.287 e. The van der Waals surface area contributed by atoms with E-state index in [0.29, 0.717) is 11.7 Å². The molecular formula is C19H25N3O2. The topological polar surface area (TPSA) is 48.7 Å². The summed E-state index contributed by atoms with van der Waals surface area (Å²) < 4.78 is 5.21. The highest BCUT2D eigenvalue weighted by Crippen LogP contribution is 2.20. The van der Waals surface area contributed by atoms with Crippen molar-refractivity contribution in [1.29, 1.82) is 0 Å². The summed E-state index contributed by atoms with van der Waals surface area (Å²) in [6.07, 6.45) is 1.53. The Kier molecular flexibility index (Phi) is 5.33. The predicted octanol–water partition coefficient (Wildman–Crippen LogP) is 2.07. The first-order valence-electron chi connectivity index (χ1n) is 8.37. The van der Waals surface area contributed by atoms with E-state index in [1.54, 1.807) is 12.1 Å². The van der Waals surface area contributed by atoms with Crippen LogP contribution in [-0.2, 0) is 6.54 Å². The summed E-state index contributed by atoms with van der Waals surface area (Å²) in [4.78, 5) is 16.9. The van der Waals surface area contributed by atoms with Gasteiger partial charge in [-0.05, 0) is 31.8 Å². The van der Waals surface area contributed by atoms with Crippen molar-refractivity contribution in [2.75, 3.05) is 33.7 Å². The first-order chi connectivity index (χ1) is 11.6. The Morgan fingerprint density at radius 1 is 1.21 bits per heavy atom. The van der Waals surface area contributed by atoms with Gasteiger partial charge < -0.3 is 14.6 Å². The zero-order chi connectivity index (χ0) is 16.9. The van der Waals surface area contributed by atoms with Gasteiger partial charge in [0.25, 0.3) is 5.91 Å². The predicted molar refractivity (Wildman–Crippen MR) is 93.7 cm³/mol. The number of likely N-dealkylation sites (tertiary alicyclic amines) is 1. The Hall–Kier alpha value is -2.11. The average Bonchev–Trinajstić information content (AvgIpc) is 3.19. The van der Waals surface area contributed by atoms with Crippen molar-refractivity contribution in [3.05, 3.63) is 60.1 Å². The summed E-state index contributed by atoms with van der Waals surface area (Å²) in [7, 11) is 4.15. The van der Waals surface area contributed by atoms with Gasteiger partial charge >= 0.3 is 0 Å². The molecule has 24 heavy (non-hydrogen) atoms. The van der Waals surface area contributed by atoms with Gasteiger partial charge in [-0.1, -0.05) is 30.3 Å². The van der Waals surface area contributed by atoms with E-state index >= 15 is 0 Å². The highest BCUT2D eigenvalue weighted by molar-refractivity contribution is 5.91. The van der Waals surface area contributed by atoms with E-state index in [1.807, 2.05) is 6.07 Å². The lowest BCUT2D eigenvalue weighted by Gasteiger charge is -2.22. The summed E-state index contributed by atoms with van der Waals surface area (Å²) in [6.45, 7) is 3.71. The van der Waals surface area contributed by atoms with Crippen LogP contribution in [0, 0.1) is 5.92 Å². The lowest BCUT2D eigenvalue weighted by molar-refractivity contribution is 0.0898. The number of nitrogens with zero attached hydrogens (tertiary/aromatic N) is 2. The fourth-order valence-corrected chi connectivity index (χ4v) is 3.40. The van der Waals surface area contributed by atoms with Crippen LogP contribution in [0.5, 0.6) is 0 Å². The molecule has 1 saturated heterocycles. The van der Waals surface area contributed by atoms with Gasteiger partial charge in [0.1, 0.15) is 0 Å². The molecule has 1 amide bonds. The van der Waals surface area contributed by atoms with Gasteiger partial charge in [0.15, 0.2) is 5.76 Å². The third-order valence-electron chi connectivity index (χ3n) is 4.43. The molecule has 1 N–H and O–H groups in total. The number of amides is 1. The number of hydrogen-bond donors (Lipinski definition) is 1. The number of hydrogen-bond acceptors (Lipinski definition) is 4. The van der Waals surface area contributed by atoms with E-state index in [0.717, 1.165) is 26.2 Å². The van der Waals surface area contributed by atoms with Crippen LogP contribution < -0.4 is 5.32 Å². The number of rotatable bonds is 6. The summed E-state index contributed by atoms with van der Waals surface area (Å²) in [5.41, 5.74) is 1.30. The molecule has 1 aromatic carbocycles. The molecule has 5 nitrogen and oxygen atoms in total. The quantitative estimate of drug-likeness (QED) is 0.882. The van der Waals surface area contributed by atoms with Gasteiger partial charge in [-0.15, -0.1) is 0 Å². The van der Waals surface area contributed by atoms with E-state index < -0.39 is 0 Å². The minimum Gasteiger partial charge on any atom is -0.459 e. The molecule has 1 aliphatic heterocycles. The van der Waals surface area contributed by atoms with Gasteiger partial charge in [-0.2, -0.15) is 0 Å². The molecule has 1 aliphatic rings. The molecule has 0 unspecified atom stereocenters. The lowest BCUT2D eigenvalue weighted by atomic mass is 10.0. The monoisotopic (exact) mass is 327 g/mol. The van der Waals surface area contributed by atoms with Gasteiger partial charge in [0.2, 0.25) is 0 Å². The molecule has 0 aliphatic carbocycles. The Morgan fingerprint density at radius 2 is 2.00 bits per heavy atom. The van der Waals surface area contributed by atoms with Gasteiger partial charge in [-0.3, -0.25) is 9.69 Å². The fourth-order valence-electron chi connectivity index (χ4n) is 3.40. The maximum atomic E-state index is 12.3. The molecule has 2 aromatic rings. The van der Waals surface area contributed by atoms with Crippen LogP contribution in [0.1, 0.15) is 16.1 Å². The fraction of sp³-hybridized carbons (Fsp3) is 0.421. The Morgan fingerprint density at radius 3 is 2.67 bits per heavy atom. The van der Waals surface area contributed by atoms with Crippen LogP contribution in [0.4, 0.5) is 0 Å². The third kappa shape index (κ3) is 4.24. The smallest absolute Gasteiger partial charge is 0.287 e. The van der Waals surface area contributed by atoms with E-state index in [1.165, 1.54) is 11.8 Å². The van der Waals surface area contributed by atoms with Crippen molar-refractivity contribution >= 4 is 5.91 Å². The Balaban J connectivity index is 1.65. The van der Waals surface area contributed by atoms with Crippen LogP contribution in [0.3, 0.4) is 0 Å². The molecule has 2 heterocycles. The number of carbonyl (C=O) groups is 1. The third-order valence-corrected chi connectivity index (χ3v) is 4.43. The largest absolute Gasteiger partial charge is 0.459 e. The Labute approximate surface area is 143 Å². The normalized spacial score (nSPS) is 21.3. The second kappa shape index (κ2) is 7.64. The molecule has 128 valence electrons. The zero-order valence-electron chi connectivity index (χ0n) is 14.3. The summed E-state index contributed by atoms with van der Waals surface area (Å²) in [5, 5.41) is 3.15. The molecule has 0 radical (unpaired) electrons. The summed E-state index contributed by atoms with van der Waals surface area (Å²) in [6, 6.07) is 14.0. The van der Waals surface area contributed by atoms with Crippen molar-refractivity contribution in [1.82, 2.24) is 15.1 Å². The second-order valence-electron chi connectivity index (χ2n) is 6.76. The molecule has 3 rings (SSSR count). The SMILES string of the molecule is CN(C)C[C@@H]1CN(Cc2ccccc2)C[C@H]1NC(=O)c1ccco1. The van der Waals surface area contributed by atoms with Crippen LogP contribution in [0.2, 0.25) is 0 Å².